The van der Waals surface area contributed by atoms with E-state index in [1.165, 1.54) is 24.1 Å². The number of nitrogens with zero attached hydrogens (tertiary/aromatic N) is 6. The van der Waals surface area contributed by atoms with Crippen LogP contribution in [0.15, 0.2) is 71.9 Å². The third-order valence-electron chi connectivity index (χ3n) is 7.40. The molecule has 1 fully saturated rings. The predicted molar refractivity (Wildman–Crippen MR) is 141 cm³/mol. The fourth-order valence-corrected chi connectivity index (χ4v) is 6.36. The molecule has 40 heavy (non-hydrogen) atoms. The van der Waals surface area contributed by atoms with Crippen molar-refractivity contribution < 1.29 is 22.4 Å². The van der Waals surface area contributed by atoms with E-state index in [1.54, 1.807) is 29.3 Å². The van der Waals surface area contributed by atoms with Gasteiger partial charge >= 0.3 is 6.18 Å². The third-order valence-corrected chi connectivity index (χ3v) is 8.37. The van der Waals surface area contributed by atoms with Crippen molar-refractivity contribution in [3.63, 3.8) is 0 Å². The Kier molecular flexibility index (Phi) is 6.62. The number of ketones is 1. The van der Waals surface area contributed by atoms with Gasteiger partial charge in [-0.3, -0.25) is 9.78 Å². The van der Waals surface area contributed by atoms with Gasteiger partial charge in [-0.25, -0.2) is 18.4 Å². The summed E-state index contributed by atoms with van der Waals surface area (Å²) in [5.41, 5.74) is 0.735. The van der Waals surface area contributed by atoms with Crippen LogP contribution in [0, 0.1) is 11.2 Å². The Bertz CT molecular complexity index is 1610. The van der Waals surface area contributed by atoms with Crippen molar-refractivity contribution in [2.24, 2.45) is 5.41 Å². The third kappa shape index (κ3) is 4.75. The van der Waals surface area contributed by atoms with Gasteiger partial charge in [0.1, 0.15) is 16.5 Å². The summed E-state index contributed by atoms with van der Waals surface area (Å²) < 4.78 is 59.8. The van der Waals surface area contributed by atoms with Gasteiger partial charge < -0.3 is 4.57 Å². The molecule has 206 valence electrons. The Morgan fingerprint density at radius 1 is 1.15 bits per heavy atom. The molecule has 3 aromatic heterocycles. The second-order valence-electron chi connectivity index (χ2n) is 9.88. The Morgan fingerprint density at radius 2 is 1.95 bits per heavy atom. The number of halogens is 4. The highest BCUT2D eigenvalue weighted by Crippen LogP contribution is 2.48. The van der Waals surface area contributed by atoms with E-state index in [1.807, 2.05) is 28.1 Å². The van der Waals surface area contributed by atoms with E-state index in [2.05, 4.69) is 15.1 Å². The van der Waals surface area contributed by atoms with Crippen LogP contribution in [0.2, 0.25) is 0 Å². The first-order valence-corrected chi connectivity index (χ1v) is 13.5. The summed E-state index contributed by atoms with van der Waals surface area (Å²) in [6, 6.07) is 7.64. The molecule has 1 aromatic carbocycles. The summed E-state index contributed by atoms with van der Waals surface area (Å²) in [6.07, 6.45) is 4.42. The quantitative estimate of drug-likeness (QED) is 0.165. The number of piperidine rings is 1. The van der Waals surface area contributed by atoms with Crippen LogP contribution in [-0.2, 0) is 19.1 Å². The number of fused-ring (bicyclic) bond motifs is 2. The summed E-state index contributed by atoms with van der Waals surface area (Å²) in [7, 11) is 0. The molecule has 7 nitrogen and oxygen atoms in total. The minimum Gasteiger partial charge on any atom is -0.337 e. The van der Waals surface area contributed by atoms with Crippen molar-refractivity contribution in [3.05, 3.63) is 95.2 Å². The van der Waals surface area contributed by atoms with Crippen molar-refractivity contribution in [3.8, 4) is 5.69 Å². The van der Waals surface area contributed by atoms with Crippen LogP contribution in [0.4, 0.5) is 17.6 Å². The van der Waals surface area contributed by atoms with Crippen LogP contribution in [0.1, 0.15) is 40.7 Å². The first kappa shape index (κ1) is 26.5. The summed E-state index contributed by atoms with van der Waals surface area (Å²) in [6.45, 7) is 3.65. The van der Waals surface area contributed by atoms with Crippen LogP contribution in [-0.4, -0.2) is 47.5 Å². The number of rotatable bonds is 6. The van der Waals surface area contributed by atoms with Gasteiger partial charge in [0, 0.05) is 32.0 Å². The van der Waals surface area contributed by atoms with Gasteiger partial charge in [-0.15, -0.1) is 0 Å². The number of pyridine rings is 1. The van der Waals surface area contributed by atoms with Crippen LogP contribution >= 0.6 is 11.9 Å². The number of Topliss-reactive ketones (excluding diaryl/α,β-unsaturated/α-hetero) is 1. The van der Waals surface area contributed by atoms with E-state index in [9.17, 15) is 22.4 Å². The number of hydrogen-bond acceptors (Lipinski definition) is 6. The van der Waals surface area contributed by atoms with Gasteiger partial charge in [-0.1, -0.05) is 5.57 Å². The van der Waals surface area contributed by atoms with Crippen LogP contribution in [0.25, 0.3) is 11.8 Å². The van der Waals surface area contributed by atoms with Crippen molar-refractivity contribution in [1.29, 1.82) is 0 Å². The predicted octanol–water partition coefficient (Wildman–Crippen LogP) is 5.86. The van der Waals surface area contributed by atoms with Crippen LogP contribution in [0.3, 0.4) is 0 Å². The zero-order valence-electron chi connectivity index (χ0n) is 21.4. The summed E-state index contributed by atoms with van der Waals surface area (Å²) in [5, 5.41) is 5.28. The normalized spacial score (nSPS) is 19.2. The van der Waals surface area contributed by atoms with Gasteiger partial charge in [0.05, 0.1) is 34.9 Å². The van der Waals surface area contributed by atoms with E-state index in [0.717, 1.165) is 46.7 Å². The number of alkyl halides is 3. The van der Waals surface area contributed by atoms with Gasteiger partial charge in [-0.2, -0.15) is 18.3 Å². The maximum absolute atomic E-state index is 14.2. The molecule has 4 heterocycles. The van der Waals surface area contributed by atoms with Crippen molar-refractivity contribution in [2.45, 2.75) is 37.5 Å². The molecule has 0 saturated carbocycles. The standard InChI is InChI=1S/C28H24F4N6OS/c1-2-36-15-25(34-17-36)40-37-10-8-19-12-24-18(14-35-38(24)22-5-3-21(29)4-6-22)13-27(19,16-37)26(39)23-11-20(7-9-33-23)28(30,31)32/h3-7,9,11-12,14-15,17H,2,8,10,13,16H2,1H3. The molecule has 1 aliphatic heterocycles. The minimum atomic E-state index is -4.60. The molecule has 1 saturated heterocycles. The summed E-state index contributed by atoms with van der Waals surface area (Å²) in [5.74, 6) is -0.829. The molecule has 1 atom stereocenters. The van der Waals surface area contributed by atoms with Crippen molar-refractivity contribution >= 4 is 23.8 Å². The number of aromatic nitrogens is 5. The lowest BCUT2D eigenvalue weighted by Crippen LogP contribution is -2.49. The number of carbonyl (C=O) groups excluding carboxylic acids is 1. The summed E-state index contributed by atoms with van der Waals surface area (Å²) >= 11 is 1.42. The molecule has 12 heteroatoms. The molecule has 0 radical (unpaired) electrons. The number of hydrogen-bond donors (Lipinski definition) is 0. The van der Waals surface area contributed by atoms with Crippen LogP contribution < -0.4 is 0 Å². The maximum Gasteiger partial charge on any atom is 0.416 e. The molecule has 6 rings (SSSR count). The highest BCUT2D eigenvalue weighted by Gasteiger charge is 2.50. The molecule has 0 spiro atoms. The van der Waals surface area contributed by atoms with Gasteiger partial charge in [-0.05, 0) is 79.8 Å². The average Bonchev–Trinajstić information content (AvgIpc) is 3.57. The first-order chi connectivity index (χ1) is 19.2. The molecular formula is C28H24F4N6OS. The largest absolute Gasteiger partial charge is 0.416 e. The van der Waals surface area contributed by atoms with Gasteiger partial charge in [0.15, 0.2) is 5.78 Å². The molecule has 2 aliphatic rings. The van der Waals surface area contributed by atoms with E-state index >= 15 is 0 Å². The monoisotopic (exact) mass is 568 g/mol. The second-order valence-corrected chi connectivity index (χ2v) is 11.0. The highest BCUT2D eigenvalue weighted by molar-refractivity contribution is 7.97. The minimum absolute atomic E-state index is 0.225. The zero-order valence-corrected chi connectivity index (χ0v) is 22.2. The topological polar surface area (TPSA) is 68.8 Å². The molecular weight excluding hydrogens is 544 g/mol. The maximum atomic E-state index is 14.2. The average molecular weight is 569 g/mol. The molecule has 0 bridgehead atoms. The lowest BCUT2D eigenvalue weighted by molar-refractivity contribution is -0.137. The fraction of sp³-hybridized carbons (Fsp3) is 0.286. The van der Waals surface area contributed by atoms with Crippen molar-refractivity contribution in [2.75, 3.05) is 13.1 Å². The number of aryl methyl sites for hydroxylation is 1. The lowest BCUT2D eigenvalue weighted by atomic mass is 9.65. The summed E-state index contributed by atoms with van der Waals surface area (Å²) in [4.78, 5) is 22.7. The van der Waals surface area contributed by atoms with E-state index in [4.69, 9.17) is 0 Å². The smallest absolute Gasteiger partial charge is 0.337 e. The van der Waals surface area contributed by atoms with Gasteiger partial charge in [0.25, 0.3) is 0 Å². The van der Waals surface area contributed by atoms with E-state index < -0.39 is 22.9 Å². The first-order valence-electron chi connectivity index (χ1n) is 12.7. The Balaban J connectivity index is 1.41. The molecule has 0 N–H and O–H groups in total. The molecule has 1 unspecified atom stereocenters. The lowest BCUT2D eigenvalue weighted by Gasteiger charge is -2.44. The second kappa shape index (κ2) is 10.0. The van der Waals surface area contributed by atoms with Crippen LogP contribution in [0.5, 0.6) is 0 Å². The Labute approximate surface area is 231 Å². The fourth-order valence-electron chi connectivity index (χ4n) is 5.35. The molecule has 1 aliphatic carbocycles. The van der Waals surface area contributed by atoms with Crippen molar-refractivity contribution in [1.82, 2.24) is 28.6 Å². The highest BCUT2D eigenvalue weighted by atomic mass is 32.2. The number of benzene rings is 1. The number of carbonyl (C=O) groups is 1. The molecule has 4 aromatic rings. The number of imidazole rings is 1. The molecule has 0 amide bonds. The van der Waals surface area contributed by atoms with E-state index in [0.29, 0.717) is 18.7 Å². The Hall–Kier alpha value is -3.77. The Morgan fingerprint density at radius 3 is 2.67 bits per heavy atom. The SMILES string of the molecule is CCn1cnc(SN2CCC3=Cc4c(cnn4-c4ccc(F)cc4)CC3(C(=O)c3cc(C(F)(F)F)ccn3)C2)c1. The zero-order chi connectivity index (χ0) is 28.1. The van der Waals surface area contributed by atoms with E-state index in [-0.39, 0.29) is 24.5 Å². The van der Waals surface area contributed by atoms with Gasteiger partial charge in [0.2, 0.25) is 0 Å².